The van der Waals surface area contributed by atoms with Gasteiger partial charge in [0.2, 0.25) is 11.8 Å². The van der Waals surface area contributed by atoms with Gasteiger partial charge >= 0.3 is 0 Å². The van der Waals surface area contributed by atoms with Crippen LogP contribution in [-0.2, 0) is 9.59 Å². The third-order valence-corrected chi connectivity index (χ3v) is 4.98. The fourth-order valence-electron chi connectivity index (χ4n) is 2.40. The molecule has 0 aliphatic heterocycles. The minimum Gasteiger partial charge on any atom is -0.355 e. The van der Waals surface area contributed by atoms with Crippen molar-refractivity contribution in [3.05, 3.63) is 35.7 Å². The SMILES string of the molecule is CCNC(=O)CN(CC)C(=O)CSc1nncn1-c1ccc(C)c(C)c1. The van der Waals surface area contributed by atoms with E-state index in [1.54, 1.807) is 6.33 Å². The van der Waals surface area contributed by atoms with Crippen molar-refractivity contribution < 1.29 is 9.59 Å². The standard InChI is InChI=1S/C18H25N5O2S/c1-5-19-16(24)10-22(6-2)17(25)11-26-18-21-20-12-23(18)15-8-7-13(3)14(4)9-15/h7-9,12H,5-6,10-11H2,1-4H3,(H,19,24). The van der Waals surface area contributed by atoms with Gasteiger partial charge < -0.3 is 10.2 Å². The molecular weight excluding hydrogens is 350 g/mol. The molecule has 2 aromatic rings. The zero-order valence-electron chi connectivity index (χ0n) is 15.7. The number of likely N-dealkylation sites (N-methyl/N-ethyl adjacent to an activating group) is 2. The number of nitrogens with one attached hydrogen (secondary N) is 1. The average Bonchev–Trinajstić information content (AvgIpc) is 3.08. The van der Waals surface area contributed by atoms with E-state index in [-0.39, 0.29) is 24.1 Å². The van der Waals surface area contributed by atoms with Crippen molar-refractivity contribution in [2.75, 3.05) is 25.4 Å². The van der Waals surface area contributed by atoms with Gasteiger partial charge in [-0.2, -0.15) is 0 Å². The zero-order valence-corrected chi connectivity index (χ0v) is 16.5. The molecule has 1 aromatic carbocycles. The molecule has 140 valence electrons. The molecule has 2 rings (SSSR count). The molecule has 2 amide bonds. The summed E-state index contributed by atoms with van der Waals surface area (Å²) >= 11 is 1.32. The average molecular weight is 375 g/mol. The van der Waals surface area contributed by atoms with Gasteiger partial charge in [-0.15, -0.1) is 10.2 Å². The van der Waals surface area contributed by atoms with Gasteiger partial charge in [0.1, 0.15) is 6.33 Å². The topological polar surface area (TPSA) is 80.1 Å². The van der Waals surface area contributed by atoms with Crippen LogP contribution in [0.2, 0.25) is 0 Å². The minimum atomic E-state index is -0.147. The van der Waals surface area contributed by atoms with E-state index in [4.69, 9.17) is 0 Å². The van der Waals surface area contributed by atoms with E-state index in [1.165, 1.54) is 27.8 Å². The fourth-order valence-corrected chi connectivity index (χ4v) is 3.23. The quantitative estimate of drug-likeness (QED) is 0.714. The molecule has 1 aromatic heterocycles. The normalized spacial score (nSPS) is 10.6. The number of benzene rings is 1. The van der Waals surface area contributed by atoms with Gasteiger partial charge in [0.05, 0.1) is 12.3 Å². The Morgan fingerprint density at radius 3 is 2.65 bits per heavy atom. The number of carbonyl (C=O) groups excluding carboxylic acids is 2. The molecule has 0 aliphatic carbocycles. The van der Waals surface area contributed by atoms with E-state index in [0.29, 0.717) is 18.2 Å². The van der Waals surface area contributed by atoms with Crippen LogP contribution < -0.4 is 5.32 Å². The molecule has 0 aliphatic rings. The molecule has 26 heavy (non-hydrogen) atoms. The molecular formula is C18H25N5O2S. The third kappa shape index (κ3) is 5.08. The van der Waals surface area contributed by atoms with E-state index in [0.717, 1.165) is 5.69 Å². The molecule has 8 heteroatoms. The molecule has 7 nitrogen and oxygen atoms in total. The second kappa shape index (κ2) is 9.38. The fraction of sp³-hybridized carbons (Fsp3) is 0.444. The number of aryl methyl sites for hydroxylation is 2. The van der Waals surface area contributed by atoms with Gasteiger partial charge in [0.25, 0.3) is 0 Å². The molecule has 0 radical (unpaired) electrons. The maximum absolute atomic E-state index is 12.4. The van der Waals surface area contributed by atoms with Crippen molar-refractivity contribution in [3.8, 4) is 5.69 Å². The first-order chi connectivity index (χ1) is 12.5. The molecule has 1 N–H and O–H groups in total. The summed E-state index contributed by atoms with van der Waals surface area (Å²) in [5.74, 6) is -0.0408. The van der Waals surface area contributed by atoms with Crippen LogP contribution in [0.15, 0.2) is 29.7 Å². The predicted molar refractivity (Wildman–Crippen MR) is 102 cm³/mol. The van der Waals surface area contributed by atoms with Gasteiger partial charge in [0, 0.05) is 18.8 Å². The summed E-state index contributed by atoms with van der Waals surface area (Å²) in [7, 11) is 0. The first-order valence-corrected chi connectivity index (χ1v) is 9.59. The summed E-state index contributed by atoms with van der Waals surface area (Å²) in [4.78, 5) is 25.7. The Labute approximate surface area is 158 Å². The molecule has 0 unspecified atom stereocenters. The molecule has 0 saturated carbocycles. The Bertz CT molecular complexity index is 775. The first-order valence-electron chi connectivity index (χ1n) is 8.61. The Hall–Kier alpha value is -2.35. The van der Waals surface area contributed by atoms with Crippen molar-refractivity contribution in [1.82, 2.24) is 25.0 Å². The number of hydrogen-bond acceptors (Lipinski definition) is 5. The number of thioether (sulfide) groups is 1. The summed E-state index contributed by atoms with van der Waals surface area (Å²) in [5, 5.41) is 11.4. The van der Waals surface area contributed by atoms with Crippen LogP contribution in [0.1, 0.15) is 25.0 Å². The van der Waals surface area contributed by atoms with Gasteiger partial charge in [-0.1, -0.05) is 17.8 Å². The van der Waals surface area contributed by atoms with Crippen molar-refractivity contribution in [3.63, 3.8) is 0 Å². The van der Waals surface area contributed by atoms with Crippen molar-refractivity contribution in [2.45, 2.75) is 32.9 Å². The first kappa shape index (κ1) is 20.0. The number of aromatic nitrogens is 3. The van der Waals surface area contributed by atoms with Crippen LogP contribution in [0.25, 0.3) is 5.69 Å². The summed E-state index contributed by atoms with van der Waals surface area (Å²) in [5.41, 5.74) is 3.36. The number of nitrogens with zero attached hydrogens (tertiary/aromatic N) is 4. The largest absolute Gasteiger partial charge is 0.355 e. The minimum absolute atomic E-state index is 0.0770. The van der Waals surface area contributed by atoms with Crippen molar-refractivity contribution >= 4 is 23.6 Å². The maximum Gasteiger partial charge on any atom is 0.239 e. The molecule has 0 saturated heterocycles. The lowest BCUT2D eigenvalue weighted by Gasteiger charge is -2.20. The summed E-state index contributed by atoms with van der Waals surface area (Å²) in [6, 6.07) is 6.12. The summed E-state index contributed by atoms with van der Waals surface area (Å²) < 4.78 is 1.87. The molecule has 0 fully saturated rings. The lowest BCUT2D eigenvalue weighted by atomic mass is 10.1. The van der Waals surface area contributed by atoms with Gasteiger partial charge in [-0.3, -0.25) is 14.2 Å². The lowest BCUT2D eigenvalue weighted by Crippen LogP contribution is -2.41. The highest BCUT2D eigenvalue weighted by molar-refractivity contribution is 7.99. The zero-order chi connectivity index (χ0) is 19.1. The van der Waals surface area contributed by atoms with Gasteiger partial charge in [-0.25, -0.2) is 0 Å². The molecule has 0 bridgehead atoms. The number of carbonyl (C=O) groups is 2. The number of hydrogen-bond donors (Lipinski definition) is 1. The highest BCUT2D eigenvalue weighted by Gasteiger charge is 2.17. The monoisotopic (exact) mass is 375 g/mol. The summed E-state index contributed by atoms with van der Waals surface area (Å²) in [6.45, 7) is 8.95. The highest BCUT2D eigenvalue weighted by atomic mass is 32.2. The molecule has 0 atom stereocenters. The van der Waals surface area contributed by atoms with Crippen molar-refractivity contribution in [2.24, 2.45) is 0 Å². The Balaban J connectivity index is 2.03. The van der Waals surface area contributed by atoms with E-state index >= 15 is 0 Å². The second-order valence-electron chi connectivity index (χ2n) is 5.90. The lowest BCUT2D eigenvalue weighted by molar-refractivity contribution is -0.133. The van der Waals surface area contributed by atoms with Crippen LogP contribution in [0, 0.1) is 13.8 Å². The maximum atomic E-state index is 12.4. The summed E-state index contributed by atoms with van der Waals surface area (Å²) in [6.07, 6.45) is 1.64. The van der Waals surface area contributed by atoms with Crippen LogP contribution in [0.4, 0.5) is 0 Å². The van der Waals surface area contributed by atoms with Crippen molar-refractivity contribution in [1.29, 1.82) is 0 Å². The van der Waals surface area contributed by atoms with Crippen LogP contribution in [0.3, 0.4) is 0 Å². The predicted octanol–water partition coefficient (Wildman–Crippen LogP) is 1.96. The van der Waals surface area contributed by atoms with Gasteiger partial charge in [0.15, 0.2) is 5.16 Å². The Morgan fingerprint density at radius 2 is 2.00 bits per heavy atom. The van der Waals surface area contributed by atoms with E-state index in [2.05, 4.69) is 41.5 Å². The van der Waals surface area contributed by atoms with E-state index in [1.807, 2.05) is 24.5 Å². The van der Waals surface area contributed by atoms with E-state index < -0.39 is 0 Å². The van der Waals surface area contributed by atoms with E-state index in [9.17, 15) is 9.59 Å². The molecule has 0 spiro atoms. The number of amides is 2. The second-order valence-corrected chi connectivity index (χ2v) is 6.84. The third-order valence-electron chi connectivity index (χ3n) is 4.05. The van der Waals surface area contributed by atoms with Crippen LogP contribution in [-0.4, -0.2) is 56.9 Å². The Morgan fingerprint density at radius 1 is 1.23 bits per heavy atom. The highest BCUT2D eigenvalue weighted by Crippen LogP contribution is 2.21. The molecule has 1 heterocycles. The number of rotatable bonds is 8. The van der Waals surface area contributed by atoms with Crippen LogP contribution >= 0.6 is 11.8 Å². The van der Waals surface area contributed by atoms with Gasteiger partial charge in [-0.05, 0) is 51.0 Å². The smallest absolute Gasteiger partial charge is 0.239 e. The Kier molecular flexibility index (Phi) is 7.20. The van der Waals surface area contributed by atoms with Crippen LogP contribution in [0.5, 0.6) is 0 Å².